The van der Waals surface area contributed by atoms with Crippen molar-refractivity contribution in [1.82, 2.24) is 0 Å². The topological polar surface area (TPSA) is 63.6 Å². The maximum atomic E-state index is 12.0. The Labute approximate surface area is 143 Å². The van der Waals surface area contributed by atoms with E-state index >= 15 is 0 Å². The Morgan fingerprint density at radius 1 is 1.29 bits per heavy atom. The molecule has 0 aromatic carbocycles. The summed E-state index contributed by atoms with van der Waals surface area (Å²) in [4.78, 5) is 23.5. The zero-order valence-corrected chi connectivity index (χ0v) is 14.8. The largest absolute Gasteiger partial charge is 0.454 e. The van der Waals surface area contributed by atoms with Gasteiger partial charge in [-0.3, -0.25) is 4.79 Å². The highest BCUT2D eigenvalue weighted by molar-refractivity contribution is 6.01. The van der Waals surface area contributed by atoms with E-state index in [2.05, 4.69) is 6.08 Å². The van der Waals surface area contributed by atoms with Gasteiger partial charge in [0.15, 0.2) is 5.78 Å². The number of cyclic esters (lactones) is 1. The SMILES string of the molecule is CC1=CC[C@H](/C(C)=C/CC/C(C)=C/[C@H]2C(=O)C(C)=C[C@@H]2O)OC1=O. The molecule has 0 spiro atoms. The van der Waals surface area contributed by atoms with Gasteiger partial charge in [0.1, 0.15) is 6.10 Å². The van der Waals surface area contributed by atoms with Crippen molar-refractivity contribution in [2.24, 2.45) is 5.92 Å². The molecule has 4 nitrogen and oxygen atoms in total. The Morgan fingerprint density at radius 3 is 2.58 bits per heavy atom. The lowest BCUT2D eigenvalue weighted by atomic mass is 9.97. The van der Waals surface area contributed by atoms with Crippen LogP contribution >= 0.6 is 0 Å². The second-order valence-corrected chi connectivity index (χ2v) is 6.75. The van der Waals surface area contributed by atoms with Crippen LogP contribution in [0.15, 0.2) is 46.6 Å². The fourth-order valence-corrected chi connectivity index (χ4v) is 3.00. The molecule has 24 heavy (non-hydrogen) atoms. The number of aliphatic hydroxyl groups is 1. The molecule has 3 atom stereocenters. The average molecular weight is 330 g/mol. The van der Waals surface area contributed by atoms with Gasteiger partial charge >= 0.3 is 5.97 Å². The quantitative estimate of drug-likeness (QED) is 0.619. The molecule has 1 aliphatic carbocycles. The van der Waals surface area contributed by atoms with Gasteiger partial charge in [0.05, 0.1) is 12.0 Å². The Bertz CT molecular complexity index is 649. The van der Waals surface area contributed by atoms with Crippen LogP contribution in [0, 0.1) is 5.92 Å². The van der Waals surface area contributed by atoms with E-state index in [1.807, 2.05) is 26.0 Å². The lowest BCUT2D eigenvalue weighted by Gasteiger charge is -2.21. The monoisotopic (exact) mass is 330 g/mol. The zero-order valence-electron chi connectivity index (χ0n) is 14.8. The highest BCUT2D eigenvalue weighted by Crippen LogP contribution is 2.25. The molecule has 0 saturated carbocycles. The third-order valence-electron chi connectivity index (χ3n) is 4.67. The summed E-state index contributed by atoms with van der Waals surface area (Å²) in [5.41, 5.74) is 3.43. The number of ether oxygens (including phenoxy) is 1. The molecule has 0 unspecified atom stereocenters. The smallest absolute Gasteiger partial charge is 0.333 e. The van der Waals surface area contributed by atoms with Gasteiger partial charge in [-0.2, -0.15) is 0 Å². The van der Waals surface area contributed by atoms with Crippen molar-refractivity contribution in [1.29, 1.82) is 0 Å². The lowest BCUT2D eigenvalue weighted by Crippen LogP contribution is -2.23. The van der Waals surface area contributed by atoms with Crippen LogP contribution in [0.2, 0.25) is 0 Å². The van der Waals surface area contributed by atoms with Crippen molar-refractivity contribution in [2.75, 3.05) is 0 Å². The van der Waals surface area contributed by atoms with Gasteiger partial charge in [-0.1, -0.05) is 23.8 Å². The number of carbonyl (C=O) groups excluding carboxylic acids is 2. The summed E-state index contributed by atoms with van der Waals surface area (Å²) in [6, 6.07) is 0. The minimum atomic E-state index is -0.707. The van der Waals surface area contributed by atoms with Gasteiger partial charge in [0.2, 0.25) is 0 Å². The van der Waals surface area contributed by atoms with Crippen LogP contribution in [0.5, 0.6) is 0 Å². The minimum absolute atomic E-state index is 0.00449. The predicted molar refractivity (Wildman–Crippen MR) is 93.3 cm³/mol. The normalized spacial score (nSPS) is 28.6. The molecule has 0 aromatic rings. The number of hydrogen-bond acceptors (Lipinski definition) is 4. The number of aliphatic hydroxyl groups excluding tert-OH is 1. The average Bonchev–Trinajstić information content (AvgIpc) is 2.76. The number of allylic oxidation sites excluding steroid dienone is 3. The number of carbonyl (C=O) groups is 2. The van der Waals surface area contributed by atoms with E-state index in [1.165, 1.54) is 0 Å². The number of hydrogen-bond donors (Lipinski definition) is 1. The van der Waals surface area contributed by atoms with E-state index in [4.69, 9.17) is 4.74 Å². The fraction of sp³-hybridized carbons (Fsp3) is 0.500. The molecule has 0 radical (unpaired) electrons. The summed E-state index contributed by atoms with van der Waals surface area (Å²) in [5.74, 6) is -0.681. The van der Waals surface area contributed by atoms with Gasteiger partial charge < -0.3 is 9.84 Å². The molecule has 130 valence electrons. The number of rotatable bonds is 5. The number of ketones is 1. The van der Waals surface area contributed by atoms with Crippen LogP contribution < -0.4 is 0 Å². The Kier molecular flexibility index (Phi) is 5.94. The van der Waals surface area contributed by atoms with Crippen molar-refractivity contribution in [2.45, 2.75) is 59.2 Å². The van der Waals surface area contributed by atoms with Crippen molar-refractivity contribution >= 4 is 11.8 Å². The Morgan fingerprint density at radius 2 is 2.00 bits per heavy atom. The molecular formula is C20H26O4. The van der Waals surface area contributed by atoms with Crippen LogP contribution in [0.4, 0.5) is 0 Å². The molecule has 0 aromatic heterocycles. The summed E-state index contributed by atoms with van der Waals surface area (Å²) in [6.45, 7) is 7.45. The first-order chi connectivity index (χ1) is 11.3. The van der Waals surface area contributed by atoms with Gasteiger partial charge in [0, 0.05) is 12.0 Å². The summed E-state index contributed by atoms with van der Waals surface area (Å²) < 4.78 is 5.39. The second kappa shape index (κ2) is 7.75. The molecule has 1 N–H and O–H groups in total. The molecular weight excluding hydrogens is 304 g/mol. The molecule has 2 aliphatic rings. The van der Waals surface area contributed by atoms with Crippen molar-refractivity contribution in [3.05, 3.63) is 46.6 Å². The minimum Gasteiger partial charge on any atom is -0.454 e. The van der Waals surface area contributed by atoms with E-state index in [0.29, 0.717) is 11.1 Å². The molecule has 0 fully saturated rings. The number of esters is 1. The first-order valence-electron chi connectivity index (χ1n) is 8.42. The highest BCUT2D eigenvalue weighted by atomic mass is 16.5. The first-order valence-corrected chi connectivity index (χ1v) is 8.42. The highest BCUT2D eigenvalue weighted by Gasteiger charge is 2.30. The maximum absolute atomic E-state index is 12.0. The van der Waals surface area contributed by atoms with Crippen LogP contribution in [0.25, 0.3) is 0 Å². The van der Waals surface area contributed by atoms with Crippen LogP contribution in [0.3, 0.4) is 0 Å². The van der Waals surface area contributed by atoms with Crippen LogP contribution in [0.1, 0.15) is 47.0 Å². The standard InChI is InChI=1S/C20H26O4/c1-12(10-16-17(21)11-15(4)19(16)22)6-5-7-13(2)18-9-8-14(3)20(23)24-18/h7-8,10-11,16-18,21H,5-6,9H2,1-4H3/b12-10+,13-7+/t16-,17+,18-/m1/s1. The maximum Gasteiger partial charge on any atom is 0.333 e. The second-order valence-electron chi connectivity index (χ2n) is 6.75. The summed E-state index contributed by atoms with van der Waals surface area (Å²) >= 11 is 0. The molecule has 0 bridgehead atoms. The van der Waals surface area contributed by atoms with E-state index in [9.17, 15) is 14.7 Å². The molecule has 2 rings (SSSR count). The Balaban J connectivity index is 1.88. The van der Waals surface area contributed by atoms with E-state index in [1.54, 1.807) is 19.9 Å². The summed E-state index contributed by atoms with van der Waals surface area (Å²) in [5, 5.41) is 9.90. The van der Waals surface area contributed by atoms with E-state index in [-0.39, 0.29) is 17.9 Å². The molecule has 1 aliphatic heterocycles. The zero-order chi connectivity index (χ0) is 17.9. The Hall–Kier alpha value is -1.94. The van der Waals surface area contributed by atoms with E-state index in [0.717, 1.165) is 30.4 Å². The van der Waals surface area contributed by atoms with Crippen LogP contribution in [-0.4, -0.2) is 29.1 Å². The lowest BCUT2D eigenvalue weighted by molar-refractivity contribution is -0.143. The van der Waals surface area contributed by atoms with Gasteiger partial charge in [0.25, 0.3) is 0 Å². The fourth-order valence-electron chi connectivity index (χ4n) is 3.00. The van der Waals surface area contributed by atoms with Crippen molar-refractivity contribution < 1.29 is 19.4 Å². The van der Waals surface area contributed by atoms with E-state index < -0.39 is 12.0 Å². The van der Waals surface area contributed by atoms with Crippen molar-refractivity contribution in [3.63, 3.8) is 0 Å². The third kappa shape index (κ3) is 4.32. The molecule has 0 saturated heterocycles. The summed E-state index contributed by atoms with van der Waals surface area (Å²) in [6.07, 6.45) is 8.96. The third-order valence-corrected chi connectivity index (χ3v) is 4.67. The van der Waals surface area contributed by atoms with Crippen molar-refractivity contribution in [3.8, 4) is 0 Å². The van der Waals surface area contributed by atoms with Crippen LogP contribution in [-0.2, 0) is 14.3 Å². The molecule has 0 amide bonds. The van der Waals surface area contributed by atoms with Gasteiger partial charge in [-0.15, -0.1) is 0 Å². The van der Waals surface area contributed by atoms with Gasteiger partial charge in [-0.25, -0.2) is 4.79 Å². The molecule has 1 heterocycles. The summed E-state index contributed by atoms with van der Waals surface area (Å²) in [7, 11) is 0. The number of Topliss-reactive ketones (excluding diaryl/α,β-unsaturated/α-hetero) is 1. The first kappa shape index (κ1) is 18.4. The van der Waals surface area contributed by atoms with Gasteiger partial charge in [-0.05, 0) is 57.8 Å². The predicted octanol–water partition coefficient (Wildman–Crippen LogP) is 3.43. The molecule has 4 heteroatoms.